The Morgan fingerprint density at radius 2 is 1.70 bits per heavy atom. The molecule has 0 aliphatic heterocycles. The highest BCUT2D eigenvalue weighted by Crippen LogP contribution is 2.25. The smallest absolute Gasteiger partial charge is 0.262 e. The second-order valence-corrected chi connectivity index (χ2v) is 9.30. The van der Waals surface area contributed by atoms with Gasteiger partial charge in [0.25, 0.3) is 10.0 Å². The lowest BCUT2D eigenvalue weighted by Gasteiger charge is -2.11. The van der Waals surface area contributed by atoms with Crippen LogP contribution in [0.1, 0.15) is 17.0 Å². The molecule has 0 bridgehead atoms. The van der Waals surface area contributed by atoms with E-state index in [2.05, 4.69) is 15.4 Å². The molecule has 0 spiro atoms. The van der Waals surface area contributed by atoms with E-state index in [-0.39, 0.29) is 4.90 Å². The molecule has 0 saturated carbocycles. The van der Waals surface area contributed by atoms with Crippen LogP contribution in [0.5, 0.6) is 0 Å². The summed E-state index contributed by atoms with van der Waals surface area (Å²) in [4.78, 5) is 4.88. The number of rotatable bonds is 6. The second kappa shape index (κ2) is 8.13. The summed E-state index contributed by atoms with van der Waals surface area (Å²) in [5, 5.41) is 0.426. The van der Waals surface area contributed by atoms with Crippen molar-refractivity contribution in [1.29, 1.82) is 0 Å². The number of halogens is 1. The van der Waals surface area contributed by atoms with E-state index in [4.69, 9.17) is 16.6 Å². The molecule has 154 valence electrons. The molecular weight excluding hydrogens is 418 g/mol. The Bertz CT molecular complexity index is 1310. The fraction of sp³-hybridized carbons (Fsp3) is 0.174. The van der Waals surface area contributed by atoms with Gasteiger partial charge in [0.15, 0.2) is 0 Å². The van der Waals surface area contributed by atoms with Crippen LogP contribution in [0.3, 0.4) is 0 Å². The SMILES string of the molecule is Cc1c(Cl)cccc1S(=O)(=O)Nc1ccc(CCc2nc3ccccc3n2C)cc1. The highest BCUT2D eigenvalue weighted by molar-refractivity contribution is 7.92. The molecule has 0 aliphatic rings. The van der Waals surface area contributed by atoms with E-state index >= 15 is 0 Å². The Balaban J connectivity index is 1.46. The summed E-state index contributed by atoms with van der Waals surface area (Å²) in [5.41, 5.74) is 4.28. The maximum Gasteiger partial charge on any atom is 0.262 e. The van der Waals surface area contributed by atoms with Gasteiger partial charge in [-0.15, -0.1) is 0 Å². The molecular formula is C23H22ClN3O2S. The standard InChI is InChI=1S/C23H22ClN3O2S/c1-16-19(24)6-5-9-22(16)30(28,29)26-18-13-10-17(11-14-18)12-15-23-25-20-7-3-4-8-21(20)27(23)2/h3-11,13-14,26H,12,15H2,1-2H3. The van der Waals surface area contributed by atoms with Crippen LogP contribution >= 0.6 is 11.6 Å². The largest absolute Gasteiger partial charge is 0.331 e. The van der Waals surface area contributed by atoms with Crippen molar-refractivity contribution in [3.8, 4) is 0 Å². The summed E-state index contributed by atoms with van der Waals surface area (Å²) in [5.74, 6) is 1.03. The number of hydrogen-bond donors (Lipinski definition) is 1. The lowest BCUT2D eigenvalue weighted by molar-refractivity contribution is 0.600. The maximum absolute atomic E-state index is 12.7. The topological polar surface area (TPSA) is 64.0 Å². The summed E-state index contributed by atoms with van der Waals surface area (Å²) in [7, 11) is -1.67. The zero-order chi connectivity index (χ0) is 21.3. The van der Waals surface area contributed by atoms with E-state index in [0.717, 1.165) is 35.3 Å². The van der Waals surface area contributed by atoms with Gasteiger partial charge in [-0.1, -0.05) is 41.9 Å². The zero-order valence-electron chi connectivity index (χ0n) is 16.8. The fourth-order valence-corrected chi connectivity index (χ4v) is 5.06. The molecule has 0 amide bonds. The average molecular weight is 440 g/mol. The summed E-state index contributed by atoms with van der Waals surface area (Å²) >= 11 is 6.07. The molecule has 1 aromatic heterocycles. The van der Waals surface area contributed by atoms with Crippen molar-refractivity contribution in [2.75, 3.05) is 4.72 Å². The number of anilines is 1. The molecule has 1 heterocycles. The molecule has 4 rings (SSSR count). The first kappa shape index (κ1) is 20.4. The van der Waals surface area contributed by atoms with Crippen LogP contribution in [0.25, 0.3) is 11.0 Å². The van der Waals surface area contributed by atoms with Crippen LogP contribution in [-0.2, 0) is 29.9 Å². The quantitative estimate of drug-likeness (QED) is 0.453. The van der Waals surface area contributed by atoms with Crippen molar-refractivity contribution in [3.63, 3.8) is 0 Å². The third kappa shape index (κ3) is 4.06. The molecule has 5 nitrogen and oxygen atoms in total. The van der Waals surface area contributed by atoms with Crippen LogP contribution in [0.2, 0.25) is 5.02 Å². The number of para-hydroxylation sites is 2. The number of nitrogens with one attached hydrogen (secondary N) is 1. The first-order chi connectivity index (χ1) is 14.3. The minimum atomic E-state index is -3.70. The van der Waals surface area contributed by atoms with Crippen LogP contribution in [0.4, 0.5) is 5.69 Å². The number of aromatic nitrogens is 2. The van der Waals surface area contributed by atoms with Crippen molar-refractivity contribution in [1.82, 2.24) is 9.55 Å². The normalized spacial score (nSPS) is 11.7. The summed E-state index contributed by atoms with van der Waals surface area (Å²) in [6.45, 7) is 1.70. The summed E-state index contributed by atoms with van der Waals surface area (Å²) < 4.78 is 30.2. The summed E-state index contributed by atoms with van der Waals surface area (Å²) in [6.07, 6.45) is 1.62. The van der Waals surface area contributed by atoms with Crippen LogP contribution in [-0.4, -0.2) is 18.0 Å². The Labute approximate surface area is 181 Å². The van der Waals surface area contributed by atoms with Gasteiger partial charge < -0.3 is 4.57 Å². The number of sulfonamides is 1. The van der Waals surface area contributed by atoms with Gasteiger partial charge in [-0.05, 0) is 60.9 Å². The average Bonchev–Trinajstić information content (AvgIpc) is 3.05. The monoisotopic (exact) mass is 439 g/mol. The van der Waals surface area contributed by atoms with E-state index in [1.54, 1.807) is 37.3 Å². The first-order valence-electron chi connectivity index (χ1n) is 9.62. The molecule has 0 fully saturated rings. The predicted octanol–water partition coefficient (Wildman–Crippen LogP) is 5.12. The van der Waals surface area contributed by atoms with Gasteiger partial charge in [-0.25, -0.2) is 13.4 Å². The molecule has 4 aromatic rings. The predicted molar refractivity (Wildman–Crippen MR) is 122 cm³/mol. The third-order valence-electron chi connectivity index (χ3n) is 5.23. The number of imidazole rings is 1. The van der Waals surface area contributed by atoms with Gasteiger partial charge in [0.2, 0.25) is 0 Å². The Hall–Kier alpha value is -2.83. The van der Waals surface area contributed by atoms with Crippen molar-refractivity contribution in [2.24, 2.45) is 7.05 Å². The van der Waals surface area contributed by atoms with Gasteiger partial charge in [0.05, 0.1) is 15.9 Å². The van der Waals surface area contributed by atoms with E-state index < -0.39 is 10.0 Å². The number of aryl methyl sites for hydroxylation is 3. The fourth-order valence-electron chi connectivity index (χ4n) is 3.50. The van der Waals surface area contributed by atoms with Crippen molar-refractivity contribution in [3.05, 3.63) is 88.7 Å². The van der Waals surface area contributed by atoms with Gasteiger partial charge in [-0.2, -0.15) is 0 Å². The maximum atomic E-state index is 12.7. The van der Waals surface area contributed by atoms with Gasteiger partial charge in [-0.3, -0.25) is 4.72 Å². The van der Waals surface area contributed by atoms with E-state index in [1.165, 1.54) is 0 Å². The number of fused-ring (bicyclic) bond motifs is 1. The number of hydrogen-bond acceptors (Lipinski definition) is 3. The lowest BCUT2D eigenvalue weighted by atomic mass is 10.1. The molecule has 0 aliphatic carbocycles. The van der Waals surface area contributed by atoms with Gasteiger partial charge in [0.1, 0.15) is 5.82 Å². The Morgan fingerprint density at radius 1 is 0.967 bits per heavy atom. The summed E-state index contributed by atoms with van der Waals surface area (Å²) in [6, 6.07) is 20.4. The van der Waals surface area contributed by atoms with Crippen LogP contribution < -0.4 is 4.72 Å². The van der Waals surface area contributed by atoms with Crippen molar-refractivity contribution < 1.29 is 8.42 Å². The van der Waals surface area contributed by atoms with Crippen molar-refractivity contribution in [2.45, 2.75) is 24.7 Å². The molecule has 0 saturated heterocycles. The first-order valence-corrected chi connectivity index (χ1v) is 11.5. The molecule has 30 heavy (non-hydrogen) atoms. The molecule has 1 N–H and O–H groups in total. The van der Waals surface area contributed by atoms with E-state index in [1.807, 2.05) is 37.4 Å². The Kier molecular flexibility index (Phi) is 5.54. The van der Waals surface area contributed by atoms with E-state index in [9.17, 15) is 8.42 Å². The highest BCUT2D eigenvalue weighted by Gasteiger charge is 2.18. The van der Waals surface area contributed by atoms with Gasteiger partial charge in [0, 0.05) is 24.2 Å². The molecule has 0 radical (unpaired) electrons. The number of nitrogens with zero attached hydrogens (tertiary/aromatic N) is 2. The molecule has 0 atom stereocenters. The van der Waals surface area contributed by atoms with Crippen molar-refractivity contribution >= 4 is 38.3 Å². The molecule has 7 heteroatoms. The minimum absolute atomic E-state index is 0.181. The molecule has 3 aromatic carbocycles. The Morgan fingerprint density at radius 3 is 2.43 bits per heavy atom. The third-order valence-corrected chi connectivity index (χ3v) is 7.17. The van der Waals surface area contributed by atoms with E-state index in [0.29, 0.717) is 16.3 Å². The molecule has 0 unspecified atom stereocenters. The minimum Gasteiger partial charge on any atom is -0.331 e. The van der Waals surface area contributed by atoms with Crippen LogP contribution in [0, 0.1) is 6.92 Å². The zero-order valence-corrected chi connectivity index (χ0v) is 18.3. The highest BCUT2D eigenvalue weighted by atomic mass is 35.5. The number of benzene rings is 3. The van der Waals surface area contributed by atoms with Crippen LogP contribution in [0.15, 0.2) is 71.6 Å². The van der Waals surface area contributed by atoms with Gasteiger partial charge >= 0.3 is 0 Å². The second-order valence-electron chi connectivity index (χ2n) is 7.24. The lowest BCUT2D eigenvalue weighted by Crippen LogP contribution is -2.14.